The molecule has 0 saturated heterocycles. The zero-order valence-electron chi connectivity index (χ0n) is 10.6. The fraction of sp³-hybridized carbons (Fsp3) is 0.417. The van der Waals surface area contributed by atoms with Gasteiger partial charge in [-0.3, -0.25) is 9.35 Å². The third-order valence-electron chi connectivity index (χ3n) is 2.45. The fourth-order valence-electron chi connectivity index (χ4n) is 1.73. The van der Waals surface area contributed by atoms with Crippen molar-refractivity contribution in [3.63, 3.8) is 0 Å². The molecule has 7 heteroatoms. The molecule has 1 aromatic carbocycles. The first kappa shape index (κ1) is 15.9. The second-order valence-electron chi connectivity index (χ2n) is 4.18. The molecular formula is C12H15ClO5S. The first-order chi connectivity index (χ1) is 8.74. The zero-order chi connectivity index (χ0) is 14.6. The minimum atomic E-state index is -4.32. The Bertz CT molecular complexity index is 567. The van der Waals surface area contributed by atoms with Gasteiger partial charge in [-0.05, 0) is 18.6 Å². The average Bonchev–Trinajstić information content (AvgIpc) is 2.25. The van der Waals surface area contributed by atoms with Crippen LogP contribution in [-0.4, -0.2) is 30.9 Å². The van der Waals surface area contributed by atoms with Crippen LogP contribution >= 0.6 is 11.6 Å². The lowest BCUT2D eigenvalue weighted by Crippen LogP contribution is -2.22. The maximum Gasteiger partial charge on any atom is 0.302 e. The molecule has 0 amide bonds. The predicted molar refractivity (Wildman–Crippen MR) is 71.0 cm³/mol. The van der Waals surface area contributed by atoms with E-state index < -0.39 is 22.2 Å². The number of hydrogen-bond acceptors (Lipinski definition) is 4. The van der Waals surface area contributed by atoms with Crippen LogP contribution in [0.1, 0.15) is 18.1 Å². The van der Waals surface area contributed by atoms with Gasteiger partial charge in [-0.25, -0.2) is 0 Å². The highest BCUT2D eigenvalue weighted by Gasteiger charge is 2.20. The number of benzene rings is 1. The van der Waals surface area contributed by atoms with Gasteiger partial charge >= 0.3 is 5.97 Å². The van der Waals surface area contributed by atoms with Crippen LogP contribution in [-0.2, 0) is 26.1 Å². The third kappa shape index (κ3) is 4.81. The van der Waals surface area contributed by atoms with Crippen molar-refractivity contribution in [2.45, 2.75) is 31.3 Å². The molecule has 0 radical (unpaired) electrons. The van der Waals surface area contributed by atoms with E-state index in [0.29, 0.717) is 5.56 Å². The van der Waals surface area contributed by atoms with E-state index >= 15 is 0 Å². The molecule has 0 aliphatic heterocycles. The smallest absolute Gasteiger partial charge is 0.302 e. The molecule has 0 aliphatic rings. The van der Waals surface area contributed by atoms with Crippen LogP contribution in [0.5, 0.6) is 0 Å². The van der Waals surface area contributed by atoms with Crippen molar-refractivity contribution in [2.24, 2.45) is 0 Å². The SMILES string of the molecule is CC(=O)O[C@@H](CCl)Cc1cc(C)ccc1S(=O)(=O)O. The lowest BCUT2D eigenvalue weighted by Gasteiger charge is -2.16. The summed E-state index contributed by atoms with van der Waals surface area (Å²) in [4.78, 5) is 10.7. The maximum atomic E-state index is 11.3. The second-order valence-corrected chi connectivity index (χ2v) is 5.87. The molecule has 106 valence electrons. The lowest BCUT2D eigenvalue weighted by molar-refractivity contribution is -0.145. The molecule has 0 fully saturated rings. The topological polar surface area (TPSA) is 80.7 Å². The van der Waals surface area contributed by atoms with E-state index in [2.05, 4.69) is 0 Å². The molecule has 19 heavy (non-hydrogen) atoms. The first-order valence-electron chi connectivity index (χ1n) is 5.54. The zero-order valence-corrected chi connectivity index (χ0v) is 12.2. The highest BCUT2D eigenvalue weighted by atomic mass is 35.5. The summed E-state index contributed by atoms with van der Waals surface area (Å²) in [5, 5.41) is 0. The summed E-state index contributed by atoms with van der Waals surface area (Å²) in [6.45, 7) is 3.04. The monoisotopic (exact) mass is 306 g/mol. The quantitative estimate of drug-likeness (QED) is 0.511. The van der Waals surface area contributed by atoms with Crippen molar-refractivity contribution >= 4 is 27.7 Å². The molecular weight excluding hydrogens is 292 g/mol. The Morgan fingerprint density at radius 3 is 2.58 bits per heavy atom. The van der Waals surface area contributed by atoms with Crippen LogP contribution in [0.3, 0.4) is 0 Å². The number of rotatable bonds is 5. The molecule has 0 bridgehead atoms. The van der Waals surface area contributed by atoms with Crippen LogP contribution in [0.25, 0.3) is 0 Å². The number of carbonyl (C=O) groups excluding carboxylic acids is 1. The molecule has 1 atom stereocenters. The van der Waals surface area contributed by atoms with Crippen molar-refractivity contribution in [1.29, 1.82) is 0 Å². The van der Waals surface area contributed by atoms with E-state index in [1.165, 1.54) is 13.0 Å². The van der Waals surface area contributed by atoms with Gasteiger partial charge in [0, 0.05) is 13.3 Å². The Kier molecular flexibility index (Phi) is 5.34. The molecule has 1 rings (SSSR count). The van der Waals surface area contributed by atoms with Crippen molar-refractivity contribution in [3.8, 4) is 0 Å². The molecule has 0 heterocycles. The lowest BCUT2D eigenvalue weighted by atomic mass is 10.1. The number of esters is 1. The van der Waals surface area contributed by atoms with E-state index in [-0.39, 0.29) is 17.2 Å². The van der Waals surface area contributed by atoms with Crippen molar-refractivity contribution in [2.75, 3.05) is 5.88 Å². The minimum Gasteiger partial charge on any atom is -0.461 e. The highest BCUT2D eigenvalue weighted by molar-refractivity contribution is 7.85. The number of alkyl halides is 1. The summed E-state index contributed by atoms with van der Waals surface area (Å²) < 4.78 is 36.7. The maximum absolute atomic E-state index is 11.3. The summed E-state index contributed by atoms with van der Waals surface area (Å²) >= 11 is 5.68. The molecule has 5 nitrogen and oxygen atoms in total. The second kappa shape index (κ2) is 6.36. The van der Waals surface area contributed by atoms with Gasteiger partial charge in [0.15, 0.2) is 0 Å². The van der Waals surface area contributed by atoms with E-state index in [0.717, 1.165) is 5.56 Å². The fourth-order valence-corrected chi connectivity index (χ4v) is 2.61. The van der Waals surface area contributed by atoms with Gasteiger partial charge in [-0.1, -0.05) is 17.7 Å². The van der Waals surface area contributed by atoms with E-state index in [9.17, 15) is 13.2 Å². The Morgan fingerprint density at radius 2 is 2.11 bits per heavy atom. The van der Waals surface area contributed by atoms with Gasteiger partial charge < -0.3 is 4.74 Å². The molecule has 0 spiro atoms. The van der Waals surface area contributed by atoms with Gasteiger partial charge in [0.25, 0.3) is 10.1 Å². The Hall–Kier alpha value is -1.11. The van der Waals surface area contributed by atoms with Crippen LogP contribution < -0.4 is 0 Å². The normalized spacial score (nSPS) is 13.1. The number of carbonyl (C=O) groups is 1. The summed E-state index contributed by atoms with van der Waals surface area (Å²) in [7, 11) is -4.32. The predicted octanol–water partition coefficient (Wildman–Crippen LogP) is 1.95. The summed E-state index contributed by atoms with van der Waals surface area (Å²) in [5.74, 6) is -0.454. The van der Waals surface area contributed by atoms with E-state index in [1.54, 1.807) is 19.1 Å². The van der Waals surface area contributed by atoms with Crippen LogP contribution in [0.15, 0.2) is 23.1 Å². The Labute approximate surface area is 117 Å². The van der Waals surface area contributed by atoms with Gasteiger partial charge in [0.2, 0.25) is 0 Å². The number of aryl methyl sites for hydroxylation is 1. The third-order valence-corrected chi connectivity index (χ3v) is 3.74. The standard InChI is InChI=1S/C12H15ClO5S/c1-8-3-4-12(19(15,16)17)10(5-8)6-11(7-13)18-9(2)14/h3-5,11H,6-7H2,1-2H3,(H,15,16,17)/t11-/m1/s1. The van der Waals surface area contributed by atoms with E-state index in [4.69, 9.17) is 20.9 Å². The van der Waals surface area contributed by atoms with Crippen molar-refractivity contribution in [1.82, 2.24) is 0 Å². The molecule has 0 unspecified atom stereocenters. The van der Waals surface area contributed by atoms with E-state index in [1.807, 2.05) is 0 Å². The first-order valence-corrected chi connectivity index (χ1v) is 7.51. The molecule has 1 N–H and O–H groups in total. The van der Waals surface area contributed by atoms with Crippen molar-refractivity contribution < 1.29 is 22.5 Å². The summed E-state index contributed by atoms with van der Waals surface area (Å²) in [5.41, 5.74) is 1.20. The summed E-state index contributed by atoms with van der Waals surface area (Å²) in [6, 6.07) is 4.51. The van der Waals surface area contributed by atoms with Gasteiger partial charge in [0.1, 0.15) is 6.10 Å². The van der Waals surface area contributed by atoms with Crippen LogP contribution in [0, 0.1) is 6.92 Å². The van der Waals surface area contributed by atoms with Crippen LogP contribution in [0.2, 0.25) is 0 Å². The highest BCUT2D eigenvalue weighted by Crippen LogP contribution is 2.20. The van der Waals surface area contributed by atoms with Crippen LogP contribution in [0.4, 0.5) is 0 Å². The number of halogens is 1. The van der Waals surface area contributed by atoms with Crippen molar-refractivity contribution in [3.05, 3.63) is 29.3 Å². The Balaban J connectivity index is 3.11. The van der Waals surface area contributed by atoms with Gasteiger partial charge in [0.05, 0.1) is 10.8 Å². The molecule has 1 aromatic rings. The summed E-state index contributed by atoms with van der Waals surface area (Å²) in [6.07, 6.45) is -0.513. The molecule has 0 aromatic heterocycles. The Morgan fingerprint density at radius 1 is 1.47 bits per heavy atom. The number of hydrogen-bond donors (Lipinski definition) is 1. The van der Waals surface area contributed by atoms with Gasteiger partial charge in [-0.2, -0.15) is 8.42 Å². The minimum absolute atomic E-state index is 0.0401. The average molecular weight is 307 g/mol. The number of ether oxygens (including phenoxy) is 1. The molecule has 0 saturated carbocycles. The van der Waals surface area contributed by atoms with Gasteiger partial charge in [-0.15, -0.1) is 11.6 Å². The molecule has 0 aliphatic carbocycles. The largest absolute Gasteiger partial charge is 0.461 e.